The molecule has 1 spiro atoms. The van der Waals surface area contributed by atoms with Gasteiger partial charge in [-0.2, -0.15) is 0 Å². The van der Waals surface area contributed by atoms with E-state index in [9.17, 15) is 9.59 Å². The average Bonchev–Trinajstić information content (AvgIpc) is 3.27. The van der Waals surface area contributed by atoms with Crippen molar-refractivity contribution in [1.82, 2.24) is 10.2 Å². The molecule has 4 aliphatic heterocycles. The predicted molar refractivity (Wildman–Crippen MR) is 103 cm³/mol. The fourth-order valence-corrected chi connectivity index (χ4v) is 6.44. The third-order valence-electron chi connectivity index (χ3n) is 6.19. The van der Waals surface area contributed by atoms with Crippen molar-refractivity contribution in [2.45, 2.75) is 59.7 Å². The number of ether oxygens (including phenoxy) is 3. The Kier molecular flexibility index (Phi) is 4.14. The summed E-state index contributed by atoms with van der Waals surface area (Å²) in [7, 11) is 0. The van der Waals surface area contributed by atoms with Crippen molar-refractivity contribution in [2.24, 2.45) is 0 Å². The number of carbonyl (C=O) groups is 2. The standard InChI is InChI=1S/C19H21IN2O5/c1-2-25-17(23)14-15-19(27-18(24)21-15)8-11-12(20)13(16(19)26-11)22(14)9-10-6-4-3-5-7-10/h3-7,11-16H,2,8-9H2,1H3,(H,21,24)/t11?,12?,13?,14-,15?,16?,19?/m1/s1. The summed E-state index contributed by atoms with van der Waals surface area (Å²) in [6, 6.07) is 8.96. The third-order valence-corrected chi connectivity index (χ3v) is 7.73. The number of nitrogens with zero attached hydrogens (tertiary/aromatic N) is 1. The van der Waals surface area contributed by atoms with E-state index in [0.29, 0.717) is 19.6 Å². The largest absolute Gasteiger partial charge is 0.465 e. The molecule has 0 aromatic heterocycles. The summed E-state index contributed by atoms with van der Waals surface area (Å²) in [4.78, 5) is 27.3. The number of alkyl carbamates (subject to hydrolysis) is 1. The molecule has 4 saturated heterocycles. The van der Waals surface area contributed by atoms with Gasteiger partial charge < -0.3 is 19.5 Å². The monoisotopic (exact) mass is 484 g/mol. The van der Waals surface area contributed by atoms with Crippen LogP contribution in [-0.4, -0.2) is 63.4 Å². The number of alkyl halides is 1. The molecule has 5 rings (SSSR count). The van der Waals surface area contributed by atoms with Crippen LogP contribution in [0.4, 0.5) is 4.79 Å². The van der Waals surface area contributed by atoms with E-state index in [1.807, 2.05) is 30.3 Å². The molecular formula is C19H21IN2O5. The Balaban J connectivity index is 1.58. The molecule has 1 aromatic rings. The van der Waals surface area contributed by atoms with Gasteiger partial charge in [-0.25, -0.2) is 4.79 Å². The minimum absolute atomic E-state index is 0.0112. The number of benzene rings is 1. The van der Waals surface area contributed by atoms with Gasteiger partial charge in [0.25, 0.3) is 0 Å². The first kappa shape index (κ1) is 17.7. The maximum atomic E-state index is 13.0. The molecule has 0 saturated carbocycles. The summed E-state index contributed by atoms with van der Waals surface area (Å²) in [6.07, 6.45) is -0.0593. The molecule has 7 nitrogen and oxygen atoms in total. The van der Waals surface area contributed by atoms with Crippen molar-refractivity contribution in [3.05, 3.63) is 35.9 Å². The molecule has 1 amide bonds. The summed E-state index contributed by atoms with van der Waals surface area (Å²) in [6.45, 7) is 2.68. The van der Waals surface area contributed by atoms with Gasteiger partial charge in [-0.3, -0.25) is 9.69 Å². The Labute approximate surface area is 170 Å². The minimum atomic E-state index is -0.779. The highest BCUT2D eigenvalue weighted by Crippen LogP contribution is 2.56. The Morgan fingerprint density at radius 2 is 2.19 bits per heavy atom. The van der Waals surface area contributed by atoms with E-state index in [2.05, 4.69) is 32.8 Å². The number of hydrogen-bond donors (Lipinski definition) is 1. The molecule has 8 heteroatoms. The van der Waals surface area contributed by atoms with Gasteiger partial charge in [-0.15, -0.1) is 0 Å². The fraction of sp³-hybridized carbons (Fsp3) is 0.579. The molecule has 0 radical (unpaired) electrons. The number of piperidine rings is 1. The lowest BCUT2D eigenvalue weighted by atomic mass is 9.70. The van der Waals surface area contributed by atoms with Gasteiger partial charge in [-0.1, -0.05) is 52.9 Å². The van der Waals surface area contributed by atoms with Crippen LogP contribution >= 0.6 is 22.6 Å². The van der Waals surface area contributed by atoms with Crippen molar-refractivity contribution in [1.29, 1.82) is 0 Å². The number of halogens is 1. The van der Waals surface area contributed by atoms with Gasteiger partial charge in [0.1, 0.15) is 18.2 Å². The first-order chi connectivity index (χ1) is 13.0. The summed E-state index contributed by atoms with van der Waals surface area (Å²) in [5.41, 5.74) is 0.328. The van der Waals surface area contributed by atoms with Crippen LogP contribution in [0.2, 0.25) is 0 Å². The van der Waals surface area contributed by atoms with Crippen LogP contribution in [0.25, 0.3) is 0 Å². The second kappa shape index (κ2) is 6.31. The maximum Gasteiger partial charge on any atom is 0.408 e. The van der Waals surface area contributed by atoms with Gasteiger partial charge in [0, 0.05) is 13.0 Å². The Morgan fingerprint density at radius 1 is 1.41 bits per heavy atom. The fourth-order valence-electron chi connectivity index (χ4n) is 5.22. The second-order valence-electron chi connectivity index (χ2n) is 7.56. The molecule has 7 atom stereocenters. The molecule has 1 aromatic carbocycles. The lowest BCUT2D eigenvalue weighted by Crippen LogP contribution is -2.75. The first-order valence-corrected chi connectivity index (χ1v) is 10.5. The van der Waals surface area contributed by atoms with Crippen LogP contribution in [-0.2, 0) is 25.5 Å². The summed E-state index contributed by atoms with van der Waals surface area (Å²) in [5.74, 6) is -0.319. The van der Waals surface area contributed by atoms with Crippen LogP contribution < -0.4 is 5.32 Å². The average molecular weight is 484 g/mol. The summed E-state index contributed by atoms with van der Waals surface area (Å²) < 4.78 is 17.6. The van der Waals surface area contributed by atoms with Crippen LogP contribution in [0.5, 0.6) is 0 Å². The van der Waals surface area contributed by atoms with Gasteiger partial charge in [-0.05, 0) is 12.5 Å². The van der Waals surface area contributed by atoms with Crippen molar-refractivity contribution < 1.29 is 23.8 Å². The highest BCUT2D eigenvalue weighted by molar-refractivity contribution is 14.1. The lowest BCUT2D eigenvalue weighted by molar-refractivity contribution is -0.167. The van der Waals surface area contributed by atoms with E-state index in [0.717, 1.165) is 5.56 Å². The zero-order chi connectivity index (χ0) is 18.8. The van der Waals surface area contributed by atoms with Crippen LogP contribution in [0.3, 0.4) is 0 Å². The lowest BCUT2D eigenvalue weighted by Gasteiger charge is -2.53. The SMILES string of the molecule is CCOC(=O)[C@H]1C2NC(=O)OC23CC2OC3C(C2I)N1Cc1ccccc1. The van der Waals surface area contributed by atoms with Crippen molar-refractivity contribution in [3.8, 4) is 0 Å². The molecule has 144 valence electrons. The summed E-state index contributed by atoms with van der Waals surface area (Å²) >= 11 is 2.42. The maximum absolute atomic E-state index is 13.0. The van der Waals surface area contributed by atoms with Crippen LogP contribution in [0.15, 0.2) is 30.3 Å². The smallest absolute Gasteiger partial charge is 0.408 e. The van der Waals surface area contributed by atoms with Gasteiger partial charge in [0.15, 0.2) is 5.60 Å². The summed E-state index contributed by atoms with van der Waals surface area (Å²) in [5, 5.41) is 2.89. The van der Waals surface area contributed by atoms with Crippen molar-refractivity contribution >= 4 is 34.7 Å². The number of hydrogen-bond acceptors (Lipinski definition) is 6. The second-order valence-corrected chi connectivity index (χ2v) is 8.99. The molecule has 0 aliphatic carbocycles. The molecule has 2 bridgehead atoms. The molecular weight excluding hydrogens is 463 g/mol. The van der Waals surface area contributed by atoms with E-state index in [1.54, 1.807) is 6.92 Å². The third kappa shape index (κ3) is 2.45. The van der Waals surface area contributed by atoms with E-state index >= 15 is 0 Å². The number of nitrogens with one attached hydrogen (secondary N) is 1. The zero-order valence-electron chi connectivity index (χ0n) is 14.8. The first-order valence-electron chi connectivity index (χ1n) is 9.30. The van der Waals surface area contributed by atoms with E-state index in [-0.39, 0.29) is 28.1 Å². The van der Waals surface area contributed by atoms with Crippen molar-refractivity contribution in [2.75, 3.05) is 6.61 Å². The minimum Gasteiger partial charge on any atom is -0.465 e. The Bertz CT molecular complexity index is 777. The van der Waals surface area contributed by atoms with E-state index < -0.39 is 23.8 Å². The number of carbonyl (C=O) groups excluding carboxylic acids is 2. The number of fused-ring (bicyclic) bond motifs is 1. The molecule has 4 aliphatic rings. The number of rotatable bonds is 4. The molecule has 4 heterocycles. The zero-order valence-corrected chi connectivity index (χ0v) is 17.0. The quantitative estimate of drug-likeness (QED) is 0.398. The predicted octanol–water partition coefficient (Wildman–Crippen LogP) is 1.62. The van der Waals surface area contributed by atoms with Gasteiger partial charge in [0.05, 0.1) is 22.7 Å². The van der Waals surface area contributed by atoms with Crippen LogP contribution in [0, 0.1) is 0 Å². The number of amides is 1. The van der Waals surface area contributed by atoms with Gasteiger partial charge >= 0.3 is 12.1 Å². The highest BCUT2D eigenvalue weighted by Gasteiger charge is 2.76. The Hall–Kier alpha value is -1.39. The number of likely N-dealkylation sites (tertiary alicyclic amines) is 1. The van der Waals surface area contributed by atoms with E-state index in [4.69, 9.17) is 14.2 Å². The highest BCUT2D eigenvalue weighted by atomic mass is 127. The van der Waals surface area contributed by atoms with Crippen molar-refractivity contribution in [3.63, 3.8) is 0 Å². The molecule has 6 unspecified atom stereocenters. The van der Waals surface area contributed by atoms with Crippen LogP contribution in [0.1, 0.15) is 18.9 Å². The molecule has 1 N–H and O–H groups in total. The van der Waals surface area contributed by atoms with E-state index in [1.165, 1.54) is 0 Å². The normalized spacial score (nSPS) is 41.8. The molecule has 4 fully saturated rings. The molecule has 27 heavy (non-hydrogen) atoms. The van der Waals surface area contributed by atoms with Gasteiger partial charge in [0.2, 0.25) is 0 Å². The Morgan fingerprint density at radius 3 is 2.89 bits per heavy atom. The topological polar surface area (TPSA) is 77.1 Å². The number of esters is 1.